The summed E-state index contributed by atoms with van der Waals surface area (Å²) in [6.45, 7) is 2.47. The van der Waals surface area contributed by atoms with Crippen LogP contribution in [0.15, 0.2) is 42.5 Å². The number of ether oxygens (including phenoxy) is 1. The highest BCUT2D eigenvalue weighted by molar-refractivity contribution is 6.30. The number of aryl methyl sites for hydroxylation is 1. The van der Waals surface area contributed by atoms with Gasteiger partial charge in [-0.3, -0.25) is 0 Å². The average molecular weight is 248 g/mol. The van der Waals surface area contributed by atoms with Crippen molar-refractivity contribution in [3.8, 4) is 5.75 Å². The van der Waals surface area contributed by atoms with E-state index in [2.05, 4.69) is 0 Å². The Bertz CT molecular complexity index is 488. The minimum absolute atomic E-state index is 0.492. The molecular formula is C14H14ClNO. The lowest BCUT2D eigenvalue weighted by atomic mass is 10.2. The van der Waals surface area contributed by atoms with Gasteiger partial charge in [0, 0.05) is 5.02 Å². The molecule has 0 aliphatic carbocycles. The number of benzene rings is 2. The van der Waals surface area contributed by atoms with Crippen LogP contribution in [0.25, 0.3) is 0 Å². The van der Waals surface area contributed by atoms with E-state index in [9.17, 15) is 0 Å². The Morgan fingerprint density at radius 2 is 1.82 bits per heavy atom. The van der Waals surface area contributed by atoms with Gasteiger partial charge >= 0.3 is 0 Å². The third kappa shape index (κ3) is 2.92. The summed E-state index contributed by atoms with van der Waals surface area (Å²) in [5.41, 5.74) is 8.64. The molecule has 0 atom stereocenters. The van der Waals surface area contributed by atoms with Gasteiger partial charge in [0.2, 0.25) is 0 Å². The highest BCUT2D eigenvalue weighted by Gasteiger charge is 2.04. The Labute approximate surface area is 106 Å². The first-order valence-corrected chi connectivity index (χ1v) is 5.77. The molecule has 17 heavy (non-hydrogen) atoms. The molecule has 2 N–H and O–H groups in total. The predicted molar refractivity (Wildman–Crippen MR) is 71.4 cm³/mol. The van der Waals surface area contributed by atoms with Gasteiger partial charge in [0.25, 0.3) is 0 Å². The van der Waals surface area contributed by atoms with Gasteiger partial charge in [-0.2, -0.15) is 0 Å². The molecule has 3 heteroatoms. The van der Waals surface area contributed by atoms with E-state index >= 15 is 0 Å². The Balaban J connectivity index is 2.10. The van der Waals surface area contributed by atoms with Crippen LogP contribution in [0.2, 0.25) is 5.02 Å². The second-order valence-electron chi connectivity index (χ2n) is 3.91. The number of rotatable bonds is 3. The largest absolute Gasteiger partial charge is 0.486 e. The summed E-state index contributed by atoms with van der Waals surface area (Å²) in [6.07, 6.45) is 0. The van der Waals surface area contributed by atoms with Crippen LogP contribution in [0, 0.1) is 6.92 Å². The fourth-order valence-electron chi connectivity index (χ4n) is 1.61. The fourth-order valence-corrected chi connectivity index (χ4v) is 1.73. The van der Waals surface area contributed by atoms with Gasteiger partial charge in [0.05, 0.1) is 5.69 Å². The molecule has 0 bridgehead atoms. The summed E-state index contributed by atoms with van der Waals surface area (Å²) in [4.78, 5) is 0. The van der Waals surface area contributed by atoms with Crippen LogP contribution in [0.4, 0.5) is 5.69 Å². The molecular weight excluding hydrogens is 234 g/mol. The average Bonchev–Trinajstić information content (AvgIpc) is 2.31. The molecule has 0 aromatic heterocycles. The van der Waals surface area contributed by atoms with Crippen molar-refractivity contribution >= 4 is 17.3 Å². The van der Waals surface area contributed by atoms with Crippen LogP contribution in [-0.4, -0.2) is 0 Å². The smallest absolute Gasteiger partial charge is 0.145 e. The zero-order valence-electron chi connectivity index (χ0n) is 9.61. The van der Waals surface area contributed by atoms with Gasteiger partial charge in [-0.1, -0.05) is 35.9 Å². The zero-order chi connectivity index (χ0) is 12.3. The number of nitrogens with two attached hydrogens (primary N) is 1. The molecule has 2 aromatic carbocycles. The van der Waals surface area contributed by atoms with E-state index in [0.29, 0.717) is 12.3 Å². The summed E-state index contributed by atoms with van der Waals surface area (Å²) in [5.74, 6) is 0.752. The normalized spacial score (nSPS) is 10.2. The summed E-state index contributed by atoms with van der Waals surface area (Å²) in [6, 6.07) is 13.3. The second-order valence-corrected chi connectivity index (χ2v) is 4.34. The minimum Gasteiger partial charge on any atom is -0.486 e. The maximum Gasteiger partial charge on any atom is 0.145 e. The van der Waals surface area contributed by atoms with Crippen molar-refractivity contribution in [3.63, 3.8) is 0 Å². The van der Waals surface area contributed by atoms with Crippen LogP contribution < -0.4 is 10.5 Å². The van der Waals surface area contributed by atoms with Crippen LogP contribution in [0.1, 0.15) is 11.1 Å². The van der Waals surface area contributed by atoms with Gasteiger partial charge in [-0.25, -0.2) is 0 Å². The van der Waals surface area contributed by atoms with Crippen LogP contribution in [0.5, 0.6) is 5.75 Å². The van der Waals surface area contributed by atoms with E-state index in [1.54, 1.807) is 0 Å². The molecule has 0 spiro atoms. The minimum atomic E-state index is 0.492. The van der Waals surface area contributed by atoms with E-state index in [-0.39, 0.29) is 0 Å². The summed E-state index contributed by atoms with van der Waals surface area (Å²) in [5, 5.41) is 0.726. The van der Waals surface area contributed by atoms with Crippen molar-refractivity contribution in [2.45, 2.75) is 13.5 Å². The van der Waals surface area contributed by atoms with E-state index in [0.717, 1.165) is 21.9 Å². The lowest BCUT2D eigenvalue weighted by Crippen LogP contribution is -2.00. The Morgan fingerprint density at radius 1 is 1.12 bits per heavy atom. The third-order valence-electron chi connectivity index (χ3n) is 2.54. The standard InChI is InChI=1S/C14H14ClNO/c1-10-3-2-4-13(16)14(10)17-9-11-5-7-12(15)8-6-11/h2-8H,9,16H2,1H3. The van der Waals surface area contributed by atoms with Crippen molar-refractivity contribution in [1.82, 2.24) is 0 Å². The topological polar surface area (TPSA) is 35.2 Å². The van der Waals surface area contributed by atoms with Crippen LogP contribution >= 0.6 is 11.6 Å². The third-order valence-corrected chi connectivity index (χ3v) is 2.79. The van der Waals surface area contributed by atoms with Crippen molar-refractivity contribution in [1.29, 1.82) is 0 Å². The second kappa shape index (κ2) is 5.11. The Kier molecular flexibility index (Phi) is 3.55. The van der Waals surface area contributed by atoms with Crippen molar-refractivity contribution < 1.29 is 4.74 Å². The van der Waals surface area contributed by atoms with Crippen molar-refractivity contribution in [3.05, 3.63) is 58.6 Å². The molecule has 0 aliphatic heterocycles. The molecule has 0 aliphatic rings. The maximum atomic E-state index is 5.86. The van der Waals surface area contributed by atoms with E-state index in [1.165, 1.54) is 0 Å². The number of anilines is 1. The van der Waals surface area contributed by atoms with Crippen LogP contribution in [0.3, 0.4) is 0 Å². The SMILES string of the molecule is Cc1cccc(N)c1OCc1ccc(Cl)cc1. The summed E-state index contributed by atoms with van der Waals surface area (Å²) < 4.78 is 5.73. The lowest BCUT2D eigenvalue weighted by Gasteiger charge is -2.11. The molecule has 0 amide bonds. The Morgan fingerprint density at radius 3 is 2.47 bits per heavy atom. The molecule has 2 aromatic rings. The Hall–Kier alpha value is -1.67. The van der Waals surface area contributed by atoms with Gasteiger partial charge < -0.3 is 10.5 Å². The fraction of sp³-hybridized carbons (Fsp3) is 0.143. The highest BCUT2D eigenvalue weighted by atomic mass is 35.5. The van der Waals surface area contributed by atoms with Gasteiger partial charge in [0.15, 0.2) is 0 Å². The zero-order valence-corrected chi connectivity index (χ0v) is 10.4. The number of halogens is 1. The lowest BCUT2D eigenvalue weighted by molar-refractivity contribution is 0.306. The first-order chi connectivity index (χ1) is 8.16. The summed E-state index contributed by atoms with van der Waals surface area (Å²) >= 11 is 5.82. The molecule has 2 rings (SSSR count). The van der Waals surface area contributed by atoms with Gasteiger partial charge in [-0.05, 0) is 36.2 Å². The first kappa shape index (κ1) is 11.8. The molecule has 0 unspecified atom stereocenters. The molecule has 0 saturated carbocycles. The monoisotopic (exact) mass is 247 g/mol. The number of hydrogen-bond donors (Lipinski definition) is 1. The maximum absolute atomic E-state index is 5.86. The van der Waals surface area contributed by atoms with Gasteiger partial charge in [0.1, 0.15) is 12.4 Å². The van der Waals surface area contributed by atoms with E-state index in [4.69, 9.17) is 22.1 Å². The first-order valence-electron chi connectivity index (χ1n) is 5.39. The molecule has 88 valence electrons. The molecule has 0 heterocycles. The number of para-hydroxylation sites is 1. The van der Waals surface area contributed by atoms with E-state index < -0.39 is 0 Å². The predicted octanol–water partition coefficient (Wildman–Crippen LogP) is 3.81. The molecule has 0 fully saturated rings. The number of nitrogen functional groups attached to an aromatic ring is 1. The molecule has 0 saturated heterocycles. The van der Waals surface area contributed by atoms with Crippen molar-refractivity contribution in [2.24, 2.45) is 0 Å². The molecule has 0 radical (unpaired) electrons. The van der Waals surface area contributed by atoms with E-state index in [1.807, 2.05) is 49.4 Å². The molecule has 2 nitrogen and oxygen atoms in total. The highest BCUT2D eigenvalue weighted by Crippen LogP contribution is 2.26. The van der Waals surface area contributed by atoms with Gasteiger partial charge in [-0.15, -0.1) is 0 Å². The quantitative estimate of drug-likeness (QED) is 0.837. The van der Waals surface area contributed by atoms with Crippen molar-refractivity contribution in [2.75, 3.05) is 5.73 Å². The summed E-state index contributed by atoms with van der Waals surface area (Å²) in [7, 11) is 0. The number of hydrogen-bond acceptors (Lipinski definition) is 2. The van der Waals surface area contributed by atoms with Crippen LogP contribution in [-0.2, 0) is 6.61 Å².